The summed E-state index contributed by atoms with van der Waals surface area (Å²) in [6.45, 7) is 4.35. The Labute approximate surface area is 146 Å². The summed E-state index contributed by atoms with van der Waals surface area (Å²) < 4.78 is 13.8. The maximum absolute atomic E-state index is 13.8. The van der Waals surface area contributed by atoms with Gasteiger partial charge in [0.1, 0.15) is 12.4 Å². The molecule has 2 aromatic rings. The highest BCUT2D eigenvalue weighted by atomic mass is 19.1. The van der Waals surface area contributed by atoms with Crippen LogP contribution in [-0.2, 0) is 16.0 Å². The molecule has 1 aliphatic rings. The van der Waals surface area contributed by atoms with Crippen LogP contribution in [0, 0.1) is 12.7 Å². The van der Waals surface area contributed by atoms with E-state index in [-0.39, 0.29) is 30.8 Å². The van der Waals surface area contributed by atoms with Crippen molar-refractivity contribution in [1.82, 2.24) is 4.90 Å². The van der Waals surface area contributed by atoms with Gasteiger partial charge in [0.15, 0.2) is 0 Å². The Balaban J connectivity index is 1.71. The fraction of sp³-hybridized carbons (Fsp3) is 0.300. The van der Waals surface area contributed by atoms with Crippen LogP contribution in [0.25, 0.3) is 0 Å². The smallest absolute Gasteiger partial charge is 0.246 e. The standard InChI is InChI=1S/C20H21FN2O2/c1-14-7-9-17(10-8-14)23-12-15(2)22(13-20(23)25)19(24)11-16-5-3-4-6-18(16)21/h3-10,15H,11-13H2,1-2H3/t15-/m1/s1. The summed E-state index contributed by atoms with van der Waals surface area (Å²) in [6.07, 6.45) is -0.0329. The number of piperazine rings is 1. The van der Waals surface area contributed by atoms with Crippen LogP contribution in [0.2, 0.25) is 0 Å². The molecule has 0 bridgehead atoms. The lowest BCUT2D eigenvalue weighted by Crippen LogP contribution is -2.57. The second-order valence-corrected chi connectivity index (χ2v) is 6.48. The molecule has 0 saturated carbocycles. The molecule has 0 spiro atoms. The van der Waals surface area contributed by atoms with Crippen molar-refractivity contribution in [2.24, 2.45) is 0 Å². The average Bonchev–Trinajstić information content (AvgIpc) is 2.59. The van der Waals surface area contributed by atoms with Gasteiger partial charge in [0, 0.05) is 18.3 Å². The quantitative estimate of drug-likeness (QED) is 0.862. The van der Waals surface area contributed by atoms with Crippen molar-refractivity contribution in [3.8, 4) is 0 Å². The highest BCUT2D eigenvalue weighted by Crippen LogP contribution is 2.21. The molecule has 3 rings (SSSR count). The minimum Gasteiger partial charge on any atom is -0.329 e. The number of amides is 2. The zero-order valence-electron chi connectivity index (χ0n) is 14.4. The van der Waals surface area contributed by atoms with Gasteiger partial charge >= 0.3 is 0 Å². The van der Waals surface area contributed by atoms with Gasteiger partial charge in [0.05, 0.1) is 6.42 Å². The van der Waals surface area contributed by atoms with Crippen LogP contribution in [0.5, 0.6) is 0 Å². The molecule has 0 unspecified atom stereocenters. The minimum atomic E-state index is -0.395. The SMILES string of the molecule is Cc1ccc(N2C[C@@H](C)N(C(=O)Cc3ccccc3F)CC2=O)cc1. The van der Waals surface area contributed by atoms with Crippen molar-refractivity contribution in [3.63, 3.8) is 0 Å². The van der Waals surface area contributed by atoms with E-state index < -0.39 is 5.82 Å². The number of benzene rings is 2. The number of carbonyl (C=O) groups excluding carboxylic acids is 2. The van der Waals surface area contributed by atoms with Crippen molar-refractivity contribution in [2.45, 2.75) is 26.3 Å². The van der Waals surface area contributed by atoms with Crippen molar-refractivity contribution < 1.29 is 14.0 Å². The number of halogens is 1. The van der Waals surface area contributed by atoms with Gasteiger partial charge in [0.2, 0.25) is 11.8 Å². The molecule has 1 atom stereocenters. The first-order valence-corrected chi connectivity index (χ1v) is 8.35. The largest absolute Gasteiger partial charge is 0.329 e. The second kappa shape index (κ2) is 7.05. The fourth-order valence-electron chi connectivity index (χ4n) is 3.07. The predicted octanol–water partition coefficient (Wildman–Crippen LogP) is 2.94. The normalized spacial score (nSPS) is 17.7. The van der Waals surface area contributed by atoms with E-state index in [2.05, 4.69) is 0 Å². The average molecular weight is 340 g/mol. The lowest BCUT2D eigenvalue weighted by molar-refractivity contribution is -0.138. The summed E-state index contributed by atoms with van der Waals surface area (Å²) in [5.74, 6) is -0.744. The molecule has 2 amide bonds. The van der Waals surface area contributed by atoms with Gasteiger partial charge in [-0.05, 0) is 37.6 Å². The summed E-state index contributed by atoms with van der Waals surface area (Å²) in [7, 11) is 0. The van der Waals surface area contributed by atoms with Gasteiger partial charge in [-0.1, -0.05) is 35.9 Å². The third kappa shape index (κ3) is 3.71. The van der Waals surface area contributed by atoms with E-state index in [1.54, 1.807) is 28.0 Å². The number of hydrogen-bond donors (Lipinski definition) is 0. The summed E-state index contributed by atoms with van der Waals surface area (Å²) in [5.41, 5.74) is 2.32. The summed E-state index contributed by atoms with van der Waals surface area (Å²) in [6, 6.07) is 13.9. The Morgan fingerprint density at radius 3 is 2.52 bits per heavy atom. The molecule has 4 nitrogen and oxygen atoms in total. The van der Waals surface area contributed by atoms with Crippen LogP contribution in [0.3, 0.4) is 0 Å². The van der Waals surface area contributed by atoms with Crippen LogP contribution in [0.1, 0.15) is 18.1 Å². The molecule has 1 saturated heterocycles. The number of aryl methyl sites for hydroxylation is 1. The van der Waals surface area contributed by atoms with Crippen molar-refractivity contribution in [2.75, 3.05) is 18.0 Å². The molecule has 0 aromatic heterocycles. The fourth-order valence-corrected chi connectivity index (χ4v) is 3.07. The lowest BCUT2D eigenvalue weighted by atomic mass is 10.1. The third-order valence-electron chi connectivity index (χ3n) is 4.55. The van der Waals surface area contributed by atoms with Gasteiger partial charge in [-0.25, -0.2) is 4.39 Å². The van der Waals surface area contributed by atoms with Crippen LogP contribution in [-0.4, -0.2) is 35.8 Å². The maximum atomic E-state index is 13.8. The Kier molecular flexibility index (Phi) is 4.83. The van der Waals surface area contributed by atoms with Gasteiger partial charge in [-0.2, -0.15) is 0 Å². The zero-order valence-corrected chi connectivity index (χ0v) is 14.4. The Morgan fingerprint density at radius 2 is 1.84 bits per heavy atom. The number of anilines is 1. The molecular formula is C20H21FN2O2. The zero-order chi connectivity index (χ0) is 18.0. The molecular weight excluding hydrogens is 319 g/mol. The predicted molar refractivity (Wildman–Crippen MR) is 94.8 cm³/mol. The van der Waals surface area contributed by atoms with Crippen molar-refractivity contribution >= 4 is 17.5 Å². The Morgan fingerprint density at radius 1 is 1.16 bits per heavy atom. The van der Waals surface area contributed by atoms with E-state index in [4.69, 9.17) is 0 Å². The van der Waals surface area contributed by atoms with Gasteiger partial charge in [-0.3, -0.25) is 9.59 Å². The first-order valence-electron chi connectivity index (χ1n) is 8.35. The van der Waals surface area contributed by atoms with E-state index in [0.717, 1.165) is 11.3 Å². The van der Waals surface area contributed by atoms with Crippen LogP contribution >= 0.6 is 0 Å². The molecule has 5 heteroatoms. The van der Waals surface area contributed by atoms with E-state index in [1.807, 2.05) is 38.1 Å². The molecule has 130 valence electrons. The molecule has 25 heavy (non-hydrogen) atoms. The second-order valence-electron chi connectivity index (χ2n) is 6.48. The highest BCUT2D eigenvalue weighted by molar-refractivity contribution is 5.98. The molecule has 0 aliphatic carbocycles. The molecule has 1 aliphatic heterocycles. The maximum Gasteiger partial charge on any atom is 0.246 e. The third-order valence-corrected chi connectivity index (χ3v) is 4.55. The lowest BCUT2D eigenvalue weighted by Gasteiger charge is -2.39. The molecule has 2 aromatic carbocycles. The first kappa shape index (κ1) is 17.1. The summed E-state index contributed by atoms with van der Waals surface area (Å²) >= 11 is 0. The summed E-state index contributed by atoms with van der Waals surface area (Å²) in [4.78, 5) is 28.3. The monoisotopic (exact) mass is 340 g/mol. The molecule has 0 radical (unpaired) electrons. The van der Waals surface area contributed by atoms with Gasteiger partial charge in [-0.15, -0.1) is 0 Å². The first-order chi connectivity index (χ1) is 12.0. The number of carbonyl (C=O) groups is 2. The Bertz CT molecular complexity index is 789. The van der Waals surface area contributed by atoms with E-state index >= 15 is 0 Å². The number of nitrogens with zero attached hydrogens (tertiary/aromatic N) is 2. The van der Waals surface area contributed by atoms with E-state index in [1.165, 1.54) is 6.07 Å². The van der Waals surface area contributed by atoms with Crippen LogP contribution in [0.4, 0.5) is 10.1 Å². The number of hydrogen-bond acceptors (Lipinski definition) is 2. The minimum absolute atomic E-state index is 0.0162. The van der Waals surface area contributed by atoms with Crippen LogP contribution < -0.4 is 4.90 Å². The number of rotatable bonds is 3. The summed E-state index contributed by atoms with van der Waals surface area (Å²) in [5, 5.41) is 0. The van der Waals surface area contributed by atoms with E-state index in [0.29, 0.717) is 12.1 Å². The van der Waals surface area contributed by atoms with E-state index in [9.17, 15) is 14.0 Å². The van der Waals surface area contributed by atoms with Crippen molar-refractivity contribution in [3.05, 3.63) is 65.5 Å². The topological polar surface area (TPSA) is 40.6 Å². The van der Waals surface area contributed by atoms with Crippen LogP contribution in [0.15, 0.2) is 48.5 Å². The highest BCUT2D eigenvalue weighted by Gasteiger charge is 2.33. The van der Waals surface area contributed by atoms with Gasteiger partial charge in [0.25, 0.3) is 0 Å². The molecule has 1 heterocycles. The van der Waals surface area contributed by atoms with Gasteiger partial charge < -0.3 is 9.80 Å². The Hall–Kier alpha value is -2.69. The molecule has 1 fully saturated rings. The molecule has 0 N–H and O–H groups in total. The van der Waals surface area contributed by atoms with Crippen molar-refractivity contribution in [1.29, 1.82) is 0 Å².